The molecule has 18 heavy (non-hydrogen) atoms. The van der Waals surface area contributed by atoms with Crippen molar-refractivity contribution in [3.05, 3.63) is 17.0 Å². The molecule has 1 aromatic heterocycles. The van der Waals surface area contributed by atoms with Crippen molar-refractivity contribution in [2.24, 2.45) is 0 Å². The summed E-state index contributed by atoms with van der Waals surface area (Å²) < 4.78 is 37.9. The first-order valence-electron chi connectivity index (χ1n) is 5.43. The van der Waals surface area contributed by atoms with Crippen LogP contribution < -0.4 is 4.90 Å². The van der Waals surface area contributed by atoms with Gasteiger partial charge in [-0.15, -0.1) is 0 Å². The van der Waals surface area contributed by atoms with E-state index in [4.69, 9.17) is 11.6 Å². The molecule has 0 aliphatic heterocycles. The van der Waals surface area contributed by atoms with E-state index in [1.807, 2.05) is 20.8 Å². The van der Waals surface area contributed by atoms with Gasteiger partial charge in [0, 0.05) is 18.7 Å². The maximum atomic E-state index is 12.6. The smallest absolute Gasteiger partial charge is 0.354 e. The van der Waals surface area contributed by atoms with Crippen LogP contribution >= 0.6 is 11.6 Å². The summed E-state index contributed by atoms with van der Waals surface area (Å²) in [4.78, 5) is 8.70. The molecule has 0 aliphatic rings. The largest absolute Gasteiger partial charge is 0.433 e. The Bertz CT molecular complexity index is 432. The summed E-state index contributed by atoms with van der Waals surface area (Å²) in [6.45, 7) is 5.77. The van der Waals surface area contributed by atoms with Crippen molar-refractivity contribution in [2.75, 3.05) is 11.9 Å². The highest BCUT2D eigenvalue weighted by molar-refractivity contribution is 6.28. The lowest BCUT2D eigenvalue weighted by Gasteiger charge is -2.35. The SMILES string of the molecule is CCC(C)(C)N(C)c1cc(C(F)(F)F)nc(Cl)n1. The van der Waals surface area contributed by atoms with Gasteiger partial charge in [-0.2, -0.15) is 13.2 Å². The highest BCUT2D eigenvalue weighted by Gasteiger charge is 2.34. The van der Waals surface area contributed by atoms with E-state index < -0.39 is 17.2 Å². The minimum absolute atomic E-state index is 0.161. The summed E-state index contributed by atoms with van der Waals surface area (Å²) in [5, 5.41) is -0.404. The minimum atomic E-state index is -4.53. The zero-order chi connectivity index (χ0) is 14.1. The lowest BCUT2D eigenvalue weighted by atomic mass is 10.00. The molecule has 1 aromatic rings. The number of hydrogen-bond donors (Lipinski definition) is 0. The molecular formula is C11H15ClF3N3. The molecule has 1 rings (SSSR count). The summed E-state index contributed by atoms with van der Waals surface area (Å²) in [5.41, 5.74) is -1.35. The number of aromatic nitrogens is 2. The number of nitrogens with zero attached hydrogens (tertiary/aromatic N) is 3. The molecular weight excluding hydrogens is 267 g/mol. The monoisotopic (exact) mass is 281 g/mol. The summed E-state index contributed by atoms with van der Waals surface area (Å²) in [6, 6.07) is 0.906. The molecule has 0 aliphatic carbocycles. The fourth-order valence-electron chi connectivity index (χ4n) is 1.27. The van der Waals surface area contributed by atoms with Crippen LogP contribution in [-0.4, -0.2) is 22.6 Å². The standard InChI is InChI=1S/C11H15ClF3N3/c1-5-10(2,3)18(4)8-6-7(11(13,14)15)16-9(12)17-8/h6H,5H2,1-4H3. The first-order chi connectivity index (χ1) is 8.08. The molecule has 0 saturated carbocycles. The second kappa shape index (κ2) is 4.91. The molecule has 0 N–H and O–H groups in total. The quantitative estimate of drug-likeness (QED) is 0.790. The third kappa shape index (κ3) is 3.25. The Morgan fingerprint density at radius 3 is 2.28 bits per heavy atom. The van der Waals surface area contributed by atoms with Crippen LogP contribution in [0.2, 0.25) is 5.28 Å². The predicted molar refractivity (Wildman–Crippen MR) is 64.8 cm³/mol. The van der Waals surface area contributed by atoms with Crippen LogP contribution in [0.15, 0.2) is 6.07 Å². The second-order valence-corrected chi connectivity index (χ2v) is 4.94. The molecule has 0 aromatic carbocycles. The maximum absolute atomic E-state index is 12.6. The highest BCUT2D eigenvalue weighted by Crippen LogP contribution is 2.32. The highest BCUT2D eigenvalue weighted by atomic mass is 35.5. The number of rotatable bonds is 3. The van der Waals surface area contributed by atoms with Gasteiger partial charge in [-0.25, -0.2) is 9.97 Å². The number of anilines is 1. The van der Waals surface area contributed by atoms with Crippen molar-refractivity contribution in [1.82, 2.24) is 9.97 Å². The maximum Gasteiger partial charge on any atom is 0.433 e. The van der Waals surface area contributed by atoms with Crippen molar-refractivity contribution in [3.8, 4) is 0 Å². The second-order valence-electron chi connectivity index (χ2n) is 4.60. The van der Waals surface area contributed by atoms with Crippen molar-refractivity contribution < 1.29 is 13.2 Å². The van der Waals surface area contributed by atoms with Crippen LogP contribution in [0.4, 0.5) is 19.0 Å². The van der Waals surface area contributed by atoms with Crippen molar-refractivity contribution >= 4 is 17.4 Å². The molecule has 0 bridgehead atoms. The third-order valence-corrected chi connectivity index (χ3v) is 3.26. The van der Waals surface area contributed by atoms with Crippen LogP contribution in [0, 0.1) is 0 Å². The van der Waals surface area contributed by atoms with E-state index in [1.54, 1.807) is 11.9 Å². The lowest BCUT2D eigenvalue weighted by molar-refractivity contribution is -0.141. The van der Waals surface area contributed by atoms with Crippen molar-refractivity contribution in [1.29, 1.82) is 0 Å². The van der Waals surface area contributed by atoms with Crippen LogP contribution in [0.3, 0.4) is 0 Å². The van der Waals surface area contributed by atoms with Gasteiger partial charge in [0.15, 0.2) is 5.69 Å². The number of hydrogen-bond acceptors (Lipinski definition) is 3. The van der Waals surface area contributed by atoms with Crippen molar-refractivity contribution in [2.45, 2.75) is 38.9 Å². The van der Waals surface area contributed by atoms with E-state index in [0.717, 1.165) is 12.5 Å². The summed E-state index contributed by atoms with van der Waals surface area (Å²) >= 11 is 5.54. The van der Waals surface area contributed by atoms with E-state index in [9.17, 15) is 13.2 Å². The van der Waals surface area contributed by atoms with Crippen LogP contribution in [0.25, 0.3) is 0 Å². The van der Waals surface area contributed by atoms with Crippen LogP contribution in [0.1, 0.15) is 32.9 Å². The molecule has 7 heteroatoms. The third-order valence-electron chi connectivity index (χ3n) is 3.09. The van der Waals surface area contributed by atoms with Gasteiger partial charge >= 0.3 is 6.18 Å². The molecule has 0 radical (unpaired) electrons. The number of alkyl halides is 3. The average Bonchev–Trinajstić information content (AvgIpc) is 2.26. The fraction of sp³-hybridized carbons (Fsp3) is 0.636. The Morgan fingerprint density at radius 2 is 1.83 bits per heavy atom. The van der Waals surface area contributed by atoms with Gasteiger partial charge in [0.1, 0.15) is 5.82 Å². The number of halogens is 4. The summed E-state index contributed by atoms with van der Waals surface area (Å²) in [5.74, 6) is 0.161. The normalized spacial score (nSPS) is 12.7. The first kappa shape index (κ1) is 15.0. The predicted octanol–water partition coefficient (Wildman–Crippen LogP) is 3.77. The van der Waals surface area contributed by atoms with Gasteiger partial charge in [-0.3, -0.25) is 0 Å². The zero-order valence-corrected chi connectivity index (χ0v) is 11.4. The Hall–Kier alpha value is -1.04. The van der Waals surface area contributed by atoms with E-state index in [0.29, 0.717) is 0 Å². The Labute approximate surface area is 109 Å². The molecule has 3 nitrogen and oxygen atoms in total. The van der Waals surface area contributed by atoms with Gasteiger partial charge in [0.2, 0.25) is 5.28 Å². The van der Waals surface area contributed by atoms with Gasteiger partial charge < -0.3 is 4.90 Å². The molecule has 0 unspecified atom stereocenters. The van der Waals surface area contributed by atoms with Crippen LogP contribution in [-0.2, 0) is 6.18 Å². The lowest BCUT2D eigenvalue weighted by Crippen LogP contribution is -2.41. The molecule has 1 heterocycles. The zero-order valence-electron chi connectivity index (χ0n) is 10.6. The topological polar surface area (TPSA) is 29.0 Å². The van der Waals surface area contributed by atoms with E-state index >= 15 is 0 Å². The van der Waals surface area contributed by atoms with E-state index in [1.165, 1.54) is 0 Å². The Balaban J connectivity index is 3.23. The molecule has 0 fully saturated rings. The van der Waals surface area contributed by atoms with Gasteiger partial charge in [-0.1, -0.05) is 6.92 Å². The fourth-order valence-corrected chi connectivity index (χ4v) is 1.45. The van der Waals surface area contributed by atoms with Gasteiger partial charge in [0.05, 0.1) is 0 Å². The molecule has 0 saturated heterocycles. The van der Waals surface area contributed by atoms with Crippen LogP contribution in [0.5, 0.6) is 0 Å². The Kier molecular flexibility index (Phi) is 4.10. The van der Waals surface area contributed by atoms with Crippen molar-refractivity contribution in [3.63, 3.8) is 0 Å². The summed E-state index contributed by atoms with van der Waals surface area (Å²) in [6.07, 6.45) is -3.77. The van der Waals surface area contributed by atoms with E-state index in [-0.39, 0.29) is 11.4 Å². The molecule has 0 atom stereocenters. The molecule has 0 amide bonds. The van der Waals surface area contributed by atoms with Gasteiger partial charge in [0.25, 0.3) is 0 Å². The summed E-state index contributed by atoms with van der Waals surface area (Å²) in [7, 11) is 1.68. The van der Waals surface area contributed by atoms with Gasteiger partial charge in [-0.05, 0) is 31.9 Å². The average molecular weight is 282 g/mol. The minimum Gasteiger partial charge on any atom is -0.354 e. The Morgan fingerprint density at radius 1 is 1.28 bits per heavy atom. The first-order valence-corrected chi connectivity index (χ1v) is 5.81. The van der Waals surface area contributed by atoms with E-state index in [2.05, 4.69) is 9.97 Å². The molecule has 102 valence electrons. The molecule has 0 spiro atoms.